The summed E-state index contributed by atoms with van der Waals surface area (Å²) >= 11 is 6.54. The topological polar surface area (TPSA) is 79.5 Å². The molecule has 1 aromatic heterocycles. The number of H-pyrrole nitrogens is 1. The average molecular weight is 664 g/mol. The number of carbonyl (C=O) groups excluding carboxylic acids is 2. The largest absolute Gasteiger partial charge is 0.489 e. The van der Waals surface area contributed by atoms with E-state index in [9.17, 15) is 18.8 Å². The van der Waals surface area contributed by atoms with E-state index in [-0.39, 0.29) is 45.6 Å². The molecule has 6 nitrogen and oxygen atoms in total. The molecule has 3 aromatic carbocycles. The molecule has 42 heavy (non-hydrogen) atoms. The number of thiazole rings is 1. The van der Waals surface area contributed by atoms with Gasteiger partial charge in [0, 0.05) is 26.1 Å². The Kier molecular flexibility index (Phi) is 6.24. The van der Waals surface area contributed by atoms with Gasteiger partial charge in [-0.15, -0.1) is 11.8 Å². The Morgan fingerprint density at radius 2 is 1.69 bits per heavy atom. The highest BCUT2D eigenvalue weighted by Gasteiger charge is 2.69. The number of carbonyl (C=O) groups is 2. The van der Waals surface area contributed by atoms with Crippen molar-refractivity contribution in [3.05, 3.63) is 109 Å². The zero-order chi connectivity index (χ0) is 28.7. The van der Waals surface area contributed by atoms with Crippen molar-refractivity contribution in [1.29, 1.82) is 0 Å². The van der Waals surface area contributed by atoms with Gasteiger partial charge < -0.3 is 9.72 Å². The minimum absolute atomic E-state index is 0.00297. The molecular formula is C32H24BrFN2O4S2. The van der Waals surface area contributed by atoms with Crippen molar-refractivity contribution in [3.63, 3.8) is 0 Å². The number of hydrogen-bond donors (Lipinski definition) is 1. The number of imide groups is 1. The fourth-order valence-corrected chi connectivity index (χ4v) is 11.1. The van der Waals surface area contributed by atoms with Crippen LogP contribution in [0.4, 0.5) is 10.1 Å². The molecular weight excluding hydrogens is 639 g/mol. The molecule has 0 radical (unpaired) electrons. The van der Waals surface area contributed by atoms with Crippen molar-refractivity contribution in [3.8, 4) is 5.75 Å². The van der Waals surface area contributed by atoms with Gasteiger partial charge in [0.05, 0.1) is 22.5 Å². The number of halogens is 2. The number of amides is 2. The zero-order valence-corrected chi connectivity index (χ0v) is 25.3. The van der Waals surface area contributed by atoms with E-state index in [0.29, 0.717) is 12.3 Å². The lowest BCUT2D eigenvalue weighted by Gasteiger charge is -2.43. The standard InChI is InChI=1S/C32H24BrFN2O4S2/c33-16-6-11-22(40-14-15-4-2-1-3-5-15)19(12-16)23-24-20-13-21(27(24)41-29-28(23)42-32(39)35-29)26-25(20)30(37)36(31(26)38)18-9-7-17(34)8-10-18/h1-12,20-21,23-27H,13-14H2,(H,35,39)/t20?,21?,23-,24?,25?,26?,27?/m1/s1. The van der Waals surface area contributed by atoms with E-state index in [2.05, 4.69) is 27.0 Å². The molecule has 0 spiro atoms. The highest BCUT2D eigenvalue weighted by Crippen LogP contribution is 2.69. The number of aromatic amines is 1. The molecule has 212 valence electrons. The van der Waals surface area contributed by atoms with Gasteiger partial charge in [0.2, 0.25) is 11.8 Å². The fourth-order valence-electron chi connectivity index (χ4n) is 7.84. The van der Waals surface area contributed by atoms with Gasteiger partial charge in [-0.1, -0.05) is 57.6 Å². The Morgan fingerprint density at radius 3 is 2.45 bits per heavy atom. The molecule has 3 heterocycles. The Labute approximate surface area is 257 Å². The van der Waals surface area contributed by atoms with Gasteiger partial charge in [0.1, 0.15) is 18.2 Å². The molecule has 3 fully saturated rings. The fraction of sp³-hybridized carbons (Fsp3) is 0.281. The van der Waals surface area contributed by atoms with Crippen LogP contribution in [0.2, 0.25) is 0 Å². The summed E-state index contributed by atoms with van der Waals surface area (Å²) in [6.45, 7) is 0.400. The first-order valence-electron chi connectivity index (χ1n) is 13.9. The summed E-state index contributed by atoms with van der Waals surface area (Å²) in [6.07, 6.45) is 0.788. The number of anilines is 1. The second-order valence-corrected chi connectivity index (χ2v) is 14.5. The van der Waals surface area contributed by atoms with Crippen LogP contribution in [0.25, 0.3) is 0 Å². The van der Waals surface area contributed by atoms with Crippen LogP contribution in [-0.4, -0.2) is 22.0 Å². The predicted molar refractivity (Wildman–Crippen MR) is 162 cm³/mol. The highest BCUT2D eigenvalue weighted by atomic mass is 79.9. The van der Waals surface area contributed by atoms with Crippen molar-refractivity contribution in [2.75, 3.05) is 4.90 Å². The number of thioether (sulfide) groups is 1. The molecule has 4 aromatic rings. The van der Waals surface area contributed by atoms with Crippen molar-refractivity contribution in [1.82, 2.24) is 4.98 Å². The second kappa shape index (κ2) is 9.92. The third-order valence-corrected chi connectivity index (χ3v) is 12.4. The lowest BCUT2D eigenvalue weighted by Crippen LogP contribution is -2.42. The van der Waals surface area contributed by atoms with E-state index in [0.717, 1.165) is 37.7 Å². The normalized spacial score (nSPS) is 29.0. The lowest BCUT2D eigenvalue weighted by molar-refractivity contribution is -0.123. The molecule has 1 saturated heterocycles. The number of hydrogen-bond acceptors (Lipinski definition) is 6. The number of fused-ring (bicyclic) bond motifs is 9. The van der Waals surface area contributed by atoms with E-state index in [4.69, 9.17) is 4.74 Å². The van der Waals surface area contributed by atoms with Crippen molar-refractivity contribution < 1.29 is 18.7 Å². The van der Waals surface area contributed by atoms with Crippen LogP contribution in [0.15, 0.2) is 87.1 Å². The molecule has 2 aliphatic heterocycles. The third kappa shape index (κ3) is 3.98. The Morgan fingerprint density at radius 1 is 0.952 bits per heavy atom. The first kappa shape index (κ1) is 26.4. The molecule has 2 amide bonds. The molecule has 7 atom stereocenters. The summed E-state index contributed by atoms with van der Waals surface area (Å²) in [5, 5.41) is 0.909. The van der Waals surface area contributed by atoms with Crippen LogP contribution in [0.5, 0.6) is 5.75 Å². The highest BCUT2D eigenvalue weighted by molar-refractivity contribution is 9.10. The maximum Gasteiger partial charge on any atom is 0.305 e. The minimum atomic E-state index is -0.435. The van der Waals surface area contributed by atoms with Crippen LogP contribution in [0, 0.1) is 35.4 Å². The van der Waals surface area contributed by atoms with Crippen molar-refractivity contribution in [2.24, 2.45) is 29.6 Å². The average Bonchev–Trinajstić information content (AvgIpc) is 3.72. The Balaban J connectivity index is 1.21. The summed E-state index contributed by atoms with van der Waals surface area (Å²) in [4.78, 5) is 45.6. The third-order valence-electron chi connectivity index (χ3n) is 9.35. The molecule has 2 saturated carbocycles. The molecule has 2 bridgehead atoms. The van der Waals surface area contributed by atoms with E-state index in [1.807, 2.05) is 42.5 Å². The Bertz CT molecular complexity index is 1790. The molecule has 10 heteroatoms. The summed E-state index contributed by atoms with van der Waals surface area (Å²) in [7, 11) is 0. The lowest BCUT2D eigenvalue weighted by atomic mass is 9.68. The van der Waals surface area contributed by atoms with Gasteiger partial charge in [-0.05, 0) is 72.2 Å². The zero-order valence-electron chi connectivity index (χ0n) is 22.0. The monoisotopic (exact) mass is 662 g/mol. The predicted octanol–water partition coefficient (Wildman–Crippen LogP) is 6.59. The van der Waals surface area contributed by atoms with E-state index in [1.165, 1.54) is 40.5 Å². The van der Waals surface area contributed by atoms with Gasteiger partial charge >= 0.3 is 4.87 Å². The van der Waals surface area contributed by atoms with Crippen LogP contribution in [0.3, 0.4) is 0 Å². The van der Waals surface area contributed by atoms with E-state index >= 15 is 0 Å². The number of rotatable bonds is 5. The first-order valence-corrected chi connectivity index (χ1v) is 16.4. The van der Waals surface area contributed by atoms with E-state index < -0.39 is 17.7 Å². The van der Waals surface area contributed by atoms with Gasteiger partial charge in [-0.25, -0.2) is 4.39 Å². The second-order valence-electron chi connectivity index (χ2n) is 11.4. The summed E-state index contributed by atoms with van der Waals surface area (Å²) in [5.74, 6) is -1.08. The summed E-state index contributed by atoms with van der Waals surface area (Å²) in [6, 6.07) is 21.5. The van der Waals surface area contributed by atoms with Gasteiger partial charge in [0.15, 0.2) is 0 Å². The quantitative estimate of drug-likeness (QED) is 0.244. The van der Waals surface area contributed by atoms with Crippen LogP contribution < -0.4 is 14.5 Å². The van der Waals surface area contributed by atoms with Crippen LogP contribution in [-0.2, 0) is 16.2 Å². The summed E-state index contributed by atoms with van der Waals surface area (Å²) < 4.78 is 21.0. The minimum Gasteiger partial charge on any atom is -0.489 e. The molecule has 2 aliphatic carbocycles. The van der Waals surface area contributed by atoms with Crippen LogP contribution in [0.1, 0.15) is 28.3 Å². The van der Waals surface area contributed by atoms with Crippen LogP contribution >= 0.6 is 39.0 Å². The van der Waals surface area contributed by atoms with Gasteiger partial charge in [-0.2, -0.15) is 0 Å². The number of aromatic nitrogens is 1. The first-order chi connectivity index (χ1) is 20.4. The molecule has 1 N–H and O–H groups in total. The van der Waals surface area contributed by atoms with Crippen molar-refractivity contribution >= 4 is 56.5 Å². The maximum absolute atomic E-state index is 13.9. The molecule has 4 aliphatic rings. The number of nitrogens with zero attached hydrogens (tertiary/aromatic N) is 1. The smallest absolute Gasteiger partial charge is 0.305 e. The maximum atomic E-state index is 13.9. The molecule has 6 unspecified atom stereocenters. The van der Waals surface area contributed by atoms with Gasteiger partial charge in [-0.3, -0.25) is 19.3 Å². The van der Waals surface area contributed by atoms with Gasteiger partial charge in [0.25, 0.3) is 0 Å². The SMILES string of the molecule is O=C1C2C3CC(C2C(=O)N1c1ccc(F)cc1)C1C3Sc2[nH]c(=O)sc2[C@@H]1c1cc(Br)ccc1OCc1ccccc1. The summed E-state index contributed by atoms with van der Waals surface area (Å²) in [5.41, 5.74) is 2.44. The number of benzene rings is 3. The van der Waals surface area contributed by atoms with Crippen molar-refractivity contribution in [2.45, 2.75) is 29.2 Å². The number of ether oxygens (including phenoxy) is 1. The Hall–Kier alpha value is -3.21. The molecule has 8 rings (SSSR count). The number of nitrogens with one attached hydrogen (secondary N) is 1. The van der Waals surface area contributed by atoms with E-state index in [1.54, 1.807) is 11.8 Å².